The fraction of sp³-hybridized carbons (Fsp3) is 0.846. The van der Waals surface area contributed by atoms with Crippen LogP contribution in [0.2, 0.25) is 0 Å². The predicted molar refractivity (Wildman–Crippen MR) is 65.4 cm³/mol. The number of nitrogens with zero attached hydrogens (tertiary/aromatic N) is 1. The number of carbonyl (C=O) groups is 2. The maximum absolute atomic E-state index is 12.4. The highest BCUT2D eigenvalue weighted by Gasteiger charge is 2.43. The Morgan fingerprint density at radius 2 is 2.12 bits per heavy atom. The third kappa shape index (κ3) is 2.31. The summed E-state index contributed by atoms with van der Waals surface area (Å²) in [4.78, 5) is 26.0. The molecule has 1 heterocycles. The Kier molecular flexibility index (Phi) is 3.40. The number of amides is 2. The zero-order valence-electron chi connectivity index (χ0n) is 10.8. The first-order valence-electron chi connectivity index (χ1n) is 6.68. The standard InChI is InChI=1S/C13H22N2O2/c1-3-5-10-12(17)15(9-6-11(16)14-10)13(2)7-4-8-13/h10H,3-9H2,1-2H3,(H,14,16). The van der Waals surface area contributed by atoms with E-state index < -0.39 is 0 Å². The maximum atomic E-state index is 12.4. The summed E-state index contributed by atoms with van der Waals surface area (Å²) < 4.78 is 0. The molecule has 0 radical (unpaired) electrons. The van der Waals surface area contributed by atoms with Gasteiger partial charge in [-0.3, -0.25) is 9.59 Å². The van der Waals surface area contributed by atoms with Crippen molar-refractivity contribution in [1.29, 1.82) is 0 Å². The predicted octanol–water partition coefficient (Wildman–Crippen LogP) is 1.45. The van der Waals surface area contributed by atoms with Gasteiger partial charge >= 0.3 is 0 Å². The smallest absolute Gasteiger partial charge is 0.245 e. The second kappa shape index (κ2) is 4.67. The minimum atomic E-state index is -0.299. The van der Waals surface area contributed by atoms with Crippen LogP contribution in [0.3, 0.4) is 0 Å². The van der Waals surface area contributed by atoms with Gasteiger partial charge in [0.05, 0.1) is 0 Å². The van der Waals surface area contributed by atoms with Crippen LogP contribution in [-0.4, -0.2) is 34.8 Å². The zero-order chi connectivity index (χ0) is 12.5. The summed E-state index contributed by atoms with van der Waals surface area (Å²) in [7, 11) is 0. The third-order valence-corrected chi connectivity index (χ3v) is 4.12. The molecule has 2 rings (SSSR count). The van der Waals surface area contributed by atoms with Crippen molar-refractivity contribution in [1.82, 2.24) is 10.2 Å². The second-order valence-electron chi connectivity index (χ2n) is 5.50. The molecule has 1 unspecified atom stereocenters. The Labute approximate surface area is 103 Å². The second-order valence-corrected chi connectivity index (χ2v) is 5.50. The van der Waals surface area contributed by atoms with E-state index in [9.17, 15) is 9.59 Å². The van der Waals surface area contributed by atoms with Crippen LogP contribution in [0, 0.1) is 0 Å². The first-order chi connectivity index (χ1) is 8.07. The Hall–Kier alpha value is -1.06. The van der Waals surface area contributed by atoms with E-state index in [-0.39, 0.29) is 23.4 Å². The van der Waals surface area contributed by atoms with Crippen LogP contribution in [0.15, 0.2) is 0 Å². The molecule has 1 saturated carbocycles. The molecule has 0 aromatic heterocycles. The first-order valence-corrected chi connectivity index (χ1v) is 6.68. The molecule has 2 amide bonds. The van der Waals surface area contributed by atoms with Crippen molar-refractivity contribution in [3.05, 3.63) is 0 Å². The van der Waals surface area contributed by atoms with Crippen molar-refractivity contribution in [3.8, 4) is 0 Å². The lowest BCUT2D eigenvalue weighted by molar-refractivity contribution is -0.142. The number of hydrogen-bond acceptors (Lipinski definition) is 2. The van der Waals surface area contributed by atoms with Gasteiger partial charge < -0.3 is 10.2 Å². The minimum absolute atomic E-state index is 0.00930. The first kappa shape index (κ1) is 12.4. The van der Waals surface area contributed by atoms with E-state index in [1.165, 1.54) is 6.42 Å². The van der Waals surface area contributed by atoms with E-state index in [0.717, 1.165) is 25.7 Å². The maximum Gasteiger partial charge on any atom is 0.245 e. The van der Waals surface area contributed by atoms with Crippen LogP contribution in [0.4, 0.5) is 0 Å². The fourth-order valence-electron chi connectivity index (χ4n) is 2.82. The van der Waals surface area contributed by atoms with Crippen molar-refractivity contribution in [2.45, 2.75) is 64.0 Å². The lowest BCUT2D eigenvalue weighted by Crippen LogP contribution is -2.57. The third-order valence-electron chi connectivity index (χ3n) is 4.12. The monoisotopic (exact) mass is 238 g/mol. The van der Waals surface area contributed by atoms with Gasteiger partial charge in [-0.2, -0.15) is 0 Å². The van der Waals surface area contributed by atoms with Crippen LogP contribution in [0.25, 0.3) is 0 Å². The summed E-state index contributed by atoms with van der Waals surface area (Å²) in [6.45, 7) is 4.77. The van der Waals surface area contributed by atoms with Crippen LogP contribution in [-0.2, 0) is 9.59 Å². The molecule has 0 aromatic rings. The summed E-state index contributed by atoms with van der Waals surface area (Å²) in [5, 5.41) is 2.85. The van der Waals surface area contributed by atoms with E-state index in [0.29, 0.717) is 13.0 Å². The molecule has 4 heteroatoms. The van der Waals surface area contributed by atoms with Gasteiger partial charge in [0.15, 0.2) is 0 Å². The van der Waals surface area contributed by atoms with Gasteiger partial charge in [0.1, 0.15) is 6.04 Å². The van der Waals surface area contributed by atoms with Crippen LogP contribution < -0.4 is 5.32 Å². The molecule has 2 aliphatic rings. The van der Waals surface area contributed by atoms with Gasteiger partial charge in [0, 0.05) is 18.5 Å². The van der Waals surface area contributed by atoms with E-state index in [1.54, 1.807) is 0 Å². The molecule has 4 nitrogen and oxygen atoms in total. The minimum Gasteiger partial charge on any atom is -0.344 e. The van der Waals surface area contributed by atoms with Crippen molar-refractivity contribution in [2.75, 3.05) is 6.54 Å². The topological polar surface area (TPSA) is 49.4 Å². The Morgan fingerprint density at radius 1 is 1.41 bits per heavy atom. The lowest BCUT2D eigenvalue weighted by Gasteiger charge is -2.48. The highest BCUT2D eigenvalue weighted by Crippen LogP contribution is 2.38. The van der Waals surface area contributed by atoms with E-state index >= 15 is 0 Å². The molecule has 2 fully saturated rings. The lowest BCUT2D eigenvalue weighted by atomic mass is 9.76. The van der Waals surface area contributed by atoms with Gasteiger partial charge in [-0.1, -0.05) is 13.3 Å². The Balaban J connectivity index is 2.15. The van der Waals surface area contributed by atoms with Crippen LogP contribution in [0.5, 0.6) is 0 Å². The molecule has 1 N–H and O–H groups in total. The molecule has 1 saturated heterocycles. The summed E-state index contributed by atoms with van der Waals surface area (Å²) in [6.07, 6.45) is 5.46. The van der Waals surface area contributed by atoms with E-state index in [1.807, 2.05) is 11.8 Å². The molecule has 1 aliphatic carbocycles. The number of hydrogen-bond donors (Lipinski definition) is 1. The van der Waals surface area contributed by atoms with Crippen LogP contribution in [0.1, 0.15) is 52.4 Å². The van der Waals surface area contributed by atoms with Crippen LogP contribution >= 0.6 is 0 Å². The quantitative estimate of drug-likeness (QED) is 0.809. The SMILES string of the molecule is CCCC1NC(=O)CCN(C2(C)CCC2)C1=O. The summed E-state index contributed by atoms with van der Waals surface area (Å²) in [5.41, 5.74) is 0.00930. The van der Waals surface area contributed by atoms with Gasteiger partial charge in [-0.15, -0.1) is 0 Å². The Morgan fingerprint density at radius 3 is 2.65 bits per heavy atom. The summed E-state index contributed by atoms with van der Waals surface area (Å²) >= 11 is 0. The average molecular weight is 238 g/mol. The molecular formula is C13H22N2O2. The van der Waals surface area contributed by atoms with E-state index in [4.69, 9.17) is 0 Å². The summed E-state index contributed by atoms with van der Waals surface area (Å²) in [6, 6.07) is -0.299. The van der Waals surface area contributed by atoms with Crippen molar-refractivity contribution >= 4 is 11.8 Å². The van der Waals surface area contributed by atoms with Crippen molar-refractivity contribution < 1.29 is 9.59 Å². The molecular weight excluding hydrogens is 216 g/mol. The molecule has 0 aromatic carbocycles. The van der Waals surface area contributed by atoms with Crippen molar-refractivity contribution in [3.63, 3.8) is 0 Å². The molecule has 1 atom stereocenters. The molecule has 17 heavy (non-hydrogen) atoms. The molecule has 0 bridgehead atoms. The highest BCUT2D eigenvalue weighted by molar-refractivity contribution is 5.90. The fourth-order valence-corrected chi connectivity index (χ4v) is 2.82. The van der Waals surface area contributed by atoms with Gasteiger partial charge in [0.2, 0.25) is 11.8 Å². The molecule has 1 aliphatic heterocycles. The van der Waals surface area contributed by atoms with Crippen molar-refractivity contribution in [2.24, 2.45) is 0 Å². The van der Waals surface area contributed by atoms with Gasteiger partial charge in [0.25, 0.3) is 0 Å². The van der Waals surface area contributed by atoms with E-state index in [2.05, 4.69) is 12.2 Å². The molecule has 96 valence electrons. The number of rotatable bonds is 3. The highest BCUT2D eigenvalue weighted by atomic mass is 16.2. The number of nitrogens with one attached hydrogen (secondary N) is 1. The number of carbonyl (C=O) groups excluding carboxylic acids is 2. The normalized spacial score (nSPS) is 28.4. The summed E-state index contributed by atoms with van der Waals surface area (Å²) in [5.74, 6) is 0.141. The zero-order valence-corrected chi connectivity index (χ0v) is 10.8. The van der Waals surface area contributed by atoms with Gasteiger partial charge in [-0.25, -0.2) is 0 Å². The average Bonchev–Trinajstić information content (AvgIpc) is 2.38. The van der Waals surface area contributed by atoms with Gasteiger partial charge in [-0.05, 0) is 32.6 Å². The largest absolute Gasteiger partial charge is 0.344 e. The Bertz CT molecular complexity index is 323. The molecule has 0 spiro atoms.